The van der Waals surface area contributed by atoms with Crippen molar-refractivity contribution in [3.05, 3.63) is 22.4 Å². The van der Waals surface area contributed by atoms with Gasteiger partial charge in [-0.25, -0.2) is 0 Å². The molecular formula is C12H15N3S2. The molecule has 2 aliphatic rings. The molecule has 3 heterocycles. The molecule has 0 atom stereocenters. The quantitative estimate of drug-likeness (QED) is 0.780. The van der Waals surface area contributed by atoms with Gasteiger partial charge in [0.1, 0.15) is 0 Å². The molecule has 5 heteroatoms. The van der Waals surface area contributed by atoms with Gasteiger partial charge in [0.2, 0.25) is 0 Å². The van der Waals surface area contributed by atoms with Crippen LogP contribution in [0.2, 0.25) is 0 Å². The zero-order chi connectivity index (χ0) is 11.5. The Morgan fingerprint density at radius 1 is 1.12 bits per heavy atom. The topological polar surface area (TPSA) is 28.0 Å². The molecular weight excluding hydrogens is 250 g/mol. The number of hydrogen-bond acceptors (Lipinski definition) is 5. The molecule has 0 unspecified atom stereocenters. The summed E-state index contributed by atoms with van der Waals surface area (Å²) in [5.74, 6) is 0.954. The third-order valence-corrected chi connectivity index (χ3v) is 4.96. The Balaban J connectivity index is 1.73. The summed E-state index contributed by atoms with van der Waals surface area (Å²) in [4.78, 5) is 3.63. The third kappa shape index (κ3) is 2.55. The molecule has 0 spiro atoms. The van der Waals surface area contributed by atoms with Gasteiger partial charge >= 0.3 is 0 Å². The molecule has 0 aliphatic carbocycles. The molecule has 0 bridgehead atoms. The van der Waals surface area contributed by atoms with E-state index in [-0.39, 0.29) is 0 Å². The second-order valence-corrected chi connectivity index (χ2v) is 6.13. The predicted octanol–water partition coefficient (Wildman–Crippen LogP) is 3.04. The molecule has 0 aromatic carbocycles. The Labute approximate surface area is 110 Å². The smallest absolute Gasteiger partial charge is 0.186 e. The van der Waals surface area contributed by atoms with E-state index in [9.17, 15) is 0 Å². The van der Waals surface area contributed by atoms with Crippen molar-refractivity contribution in [2.75, 3.05) is 18.8 Å². The van der Waals surface area contributed by atoms with E-state index in [4.69, 9.17) is 0 Å². The molecule has 0 radical (unpaired) electrons. The van der Waals surface area contributed by atoms with Crippen LogP contribution in [0.15, 0.2) is 27.7 Å². The Kier molecular flexibility index (Phi) is 3.47. The summed E-state index contributed by atoms with van der Waals surface area (Å²) in [6.45, 7) is 2.30. The molecule has 90 valence electrons. The van der Waals surface area contributed by atoms with E-state index < -0.39 is 0 Å². The second-order valence-electron chi connectivity index (χ2n) is 4.24. The van der Waals surface area contributed by atoms with Gasteiger partial charge in [-0.15, -0.1) is 16.4 Å². The summed E-state index contributed by atoms with van der Waals surface area (Å²) in [5.41, 5.74) is 1.12. The van der Waals surface area contributed by atoms with E-state index in [1.54, 1.807) is 11.3 Å². The predicted molar refractivity (Wildman–Crippen MR) is 76.2 cm³/mol. The van der Waals surface area contributed by atoms with Crippen molar-refractivity contribution in [1.29, 1.82) is 0 Å². The van der Waals surface area contributed by atoms with Crippen LogP contribution < -0.4 is 0 Å². The Bertz CT molecular complexity index is 431. The molecule has 3 rings (SSSR count). The van der Waals surface area contributed by atoms with Crippen LogP contribution in [-0.4, -0.2) is 34.6 Å². The number of nitrogens with zero attached hydrogens (tertiary/aromatic N) is 3. The van der Waals surface area contributed by atoms with Gasteiger partial charge < -0.3 is 4.90 Å². The minimum absolute atomic E-state index is 0.954. The highest BCUT2D eigenvalue weighted by molar-refractivity contribution is 8.14. The lowest BCUT2D eigenvalue weighted by Crippen LogP contribution is -2.35. The van der Waals surface area contributed by atoms with E-state index in [1.807, 2.05) is 11.8 Å². The number of rotatable bonds is 1. The van der Waals surface area contributed by atoms with Crippen LogP contribution in [0, 0.1) is 0 Å². The Morgan fingerprint density at radius 2 is 2.00 bits per heavy atom. The van der Waals surface area contributed by atoms with Crippen LogP contribution in [0.5, 0.6) is 0 Å². The summed E-state index contributed by atoms with van der Waals surface area (Å²) in [7, 11) is 0. The lowest BCUT2D eigenvalue weighted by molar-refractivity contribution is 0.347. The zero-order valence-electron chi connectivity index (χ0n) is 9.63. The van der Waals surface area contributed by atoms with Gasteiger partial charge in [-0.05, 0) is 30.7 Å². The van der Waals surface area contributed by atoms with Crippen LogP contribution in [-0.2, 0) is 0 Å². The van der Waals surface area contributed by atoms with Gasteiger partial charge in [0, 0.05) is 18.8 Å². The first-order chi connectivity index (χ1) is 8.43. The fourth-order valence-electron chi connectivity index (χ4n) is 2.10. The summed E-state index contributed by atoms with van der Waals surface area (Å²) >= 11 is 3.57. The lowest BCUT2D eigenvalue weighted by Gasteiger charge is -2.29. The molecule has 3 nitrogen and oxygen atoms in total. The number of piperidine rings is 1. The van der Waals surface area contributed by atoms with Gasteiger partial charge in [0.25, 0.3) is 0 Å². The van der Waals surface area contributed by atoms with Gasteiger partial charge in [0.05, 0.1) is 10.6 Å². The molecule has 1 saturated heterocycles. The SMILES string of the molecule is c1csc(C2=NN=C(N3CCCCC3)SC2)c1. The second kappa shape index (κ2) is 5.23. The van der Waals surface area contributed by atoms with Crippen molar-refractivity contribution in [3.8, 4) is 0 Å². The summed E-state index contributed by atoms with van der Waals surface area (Å²) in [6, 6.07) is 4.18. The van der Waals surface area contributed by atoms with E-state index in [0.29, 0.717) is 0 Å². The minimum atomic E-state index is 0.954. The minimum Gasteiger partial charge on any atom is -0.350 e. The van der Waals surface area contributed by atoms with Crippen molar-refractivity contribution in [3.63, 3.8) is 0 Å². The van der Waals surface area contributed by atoms with Crippen molar-refractivity contribution < 1.29 is 0 Å². The first-order valence-electron chi connectivity index (χ1n) is 5.99. The monoisotopic (exact) mass is 265 g/mol. The number of amidine groups is 1. The van der Waals surface area contributed by atoms with Gasteiger partial charge in [-0.2, -0.15) is 5.10 Å². The molecule has 0 amide bonds. The van der Waals surface area contributed by atoms with Gasteiger partial charge in [0.15, 0.2) is 5.17 Å². The molecule has 2 aliphatic heterocycles. The van der Waals surface area contributed by atoms with Gasteiger partial charge in [-0.1, -0.05) is 17.8 Å². The molecule has 17 heavy (non-hydrogen) atoms. The van der Waals surface area contributed by atoms with Crippen molar-refractivity contribution in [1.82, 2.24) is 4.90 Å². The van der Waals surface area contributed by atoms with Crippen molar-refractivity contribution in [2.24, 2.45) is 10.2 Å². The molecule has 1 aromatic rings. The third-order valence-electron chi connectivity index (χ3n) is 3.03. The molecule has 1 aromatic heterocycles. The van der Waals surface area contributed by atoms with Crippen LogP contribution in [0.4, 0.5) is 0 Å². The highest BCUT2D eigenvalue weighted by atomic mass is 32.2. The fraction of sp³-hybridized carbons (Fsp3) is 0.500. The molecule has 0 saturated carbocycles. The van der Waals surface area contributed by atoms with Crippen LogP contribution in [0.3, 0.4) is 0 Å². The van der Waals surface area contributed by atoms with Crippen LogP contribution in [0.1, 0.15) is 24.1 Å². The highest BCUT2D eigenvalue weighted by Crippen LogP contribution is 2.22. The van der Waals surface area contributed by atoms with E-state index in [0.717, 1.165) is 29.7 Å². The maximum absolute atomic E-state index is 4.39. The van der Waals surface area contributed by atoms with Crippen molar-refractivity contribution >= 4 is 34.0 Å². The molecule has 0 N–H and O–H groups in total. The highest BCUT2D eigenvalue weighted by Gasteiger charge is 2.19. The maximum Gasteiger partial charge on any atom is 0.186 e. The first-order valence-corrected chi connectivity index (χ1v) is 7.86. The van der Waals surface area contributed by atoms with E-state index in [2.05, 4.69) is 32.6 Å². The average Bonchev–Trinajstić information content (AvgIpc) is 2.94. The van der Waals surface area contributed by atoms with E-state index in [1.165, 1.54) is 24.1 Å². The van der Waals surface area contributed by atoms with E-state index >= 15 is 0 Å². The number of thioether (sulfide) groups is 1. The van der Waals surface area contributed by atoms with Crippen molar-refractivity contribution in [2.45, 2.75) is 19.3 Å². The fourth-order valence-corrected chi connectivity index (χ4v) is 3.84. The average molecular weight is 265 g/mol. The number of likely N-dealkylation sites (tertiary alicyclic amines) is 1. The lowest BCUT2D eigenvalue weighted by atomic mass is 10.1. The summed E-state index contributed by atoms with van der Waals surface area (Å²) in [6.07, 6.45) is 3.94. The molecule has 1 fully saturated rings. The zero-order valence-corrected chi connectivity index (χ0v) is 11.3. The Morgan fingerprint density at radius 3 is 2.65 bits per heavy atom. The van der Waals surface area contributed by atoms with Crippen LogP contribution in [0.25, 0.3) is 0 Å². The van der Waals surface area contributed by atoms with Crippen LogP contribution >= 0.6 is 23.1 Å². The standard InChI is InChI=1S/C12H15N3S2/c1-2-6-15(7-3-1)12-14-13-10(9-17-12)11-5-4-8-16-11/h4-5,8H,1-3,6-7,9H2. The number of hydrogen-bond donors (Lipinski definition) is 0. The summed E-state index contributed by atoms with van der Waals surface area (Å²) < 4.78 is 0. The largest absolute Gasteiger partial charge is 0.350 e. The summed E-state index contributed by atoms with van der Waals surface area (Å²) in [5, 5.41) is 12.0. The maximum atomic E-state index is 4.39. The first kappa shape index (κ1) is 11.3. The normalized spacial score (nSPS) is 21.1. The van der Waals surface area contributed by atoms with Gasteiger partial charge in [-0.3, -0.25) is 0 Å². The Hall–Kier alpha value is -0.810. The number of thiophene rings is 1.